The molecular formula is C13H24N2O2. The van der Waals surface area contributed by atoms with Gasteiger partial charge in [0, 0.05) is 19.0 Å². The molecule has 1 N–H and O–H groups in total. The molecule has 0 aromatic carbocycles. The van der Waals surface area contributed by atoms with Crippen molar-refractivity contribution in [2.75, 3.05) is 6.54 Å². The Hall–Kier alpha value is -1.06. The van der Waals surface area contributed by atoms with Gasteiger partial charge in [-0.15, -0.1) is 0 Å². The van der Waals surface area contributed by atoms with Crippen LogP contribution < -0.4 is 5.32 Å². The molecule has 2 amide bonds. The van der Waals surface area contributed by atoms with Crippen LogP contribution in [0.5, 0.6) is 0 Å². The van der Waals surface area contributed by atoms with Gasteiger partial charge in [0.2, 0.25) is 11.8 Å². The molecular weight excluding hydrogens is 216 g/mol. The first-order chi connectivity index (χ1) is 8.00. The second kappa shape index (κ2) is 6.62. The zero-order valence-electron chi connectivity index (χ0n) is 11.2. The largest absolute Gasteiger partial charge is 0.352 e. The Morgan fingerprint density at radius 2 is 1.82 bits per heavy atom. The monoisotopic (exact) mass is 240 g/mol. The Kier molecular flexibility index (Phi) is 5.45. The highest BCUT2D eigenvalue weighted by Crippen LogP contribution is 2.17. The van der Waals surface area contributed by atoms with Crippen LogP contribution in [-0.2, 0) is 9.59 Å². The van der Waals surface area contributed by atoms with Crippen molar-refractivity contribution in [3.8, 4) is 0 Å². The molecule has 0 unspecified atom stereocenters. The van der Waals surface area contributed by atoms with Crippen molar-refractivity contribution in [2.45, 2.75) is 65.0 Å². The minimum Gasteiger partial charge on any atom is -0.352 e. The zero-order valence-corrected chi connectivity index (χ0v) is 11.2. The van der Waals surface area contributed by atoms with E-state index in [-0.39, 0.29) is 24.4 Å². The highest BCUT2D eigenvalue weighted by molar-refractivity contribution is 5.84. The maximum Gasteiger partial charge on any atom is 0.239 e. The summed E-state index contributed by atoms with van der Waals surface area (Å²) in [6, 6.07) is 0.391. The van der Waals surface area contributed by atoms with Crippen molar-refractivity contribution < 1.29 is 9.59 Å². The molecule has 4 heteroatoms. The van der Waals surface area contributed by atoms with Gasteiger partial charge in [0.1, 0.15) is 0 Å². The van der Waals surface area contributed by atoms with E-state index in [0.29, 0.717) is 6.04 Å². The van der Waals surface area contributed by atoms with E-state index >= 15 is 0 Å². The van der Waals surface area contributed by atoms with Crippen molar-refractivity contribution in [3.63, 3.8) is 0 Å². The van der Waals surface area contributed by atoms with Crippen molar-refractivity contribution in [1.82, 2.24) is 10.2 Å². The molecule has 17 heavy (non-hydrogen) atoms. The highest BCUT2D eigenvalue weighted by atomic mass is 16.2. The molecule has 0 bridgehead atoms. The molecule has 0 heterocycles. The molecule has 1 aliphatic carbocycles. The lowest BCUT2D eigenvalue weighted by molar-refractivity contribution is -0.136. The van der Waals surface area contributed by atoms with Gasteiger partial charge in [0.05, 0.1) is 6.54 Å². The number of rotatable bonds is 4. The van der Waals surface area contributed by atoms with Gasteiger partial charge < -0.3 is 10.2 Å². The molecule has 1 fully saturated rings. The lowest BCUT2D eigenvalue weighted by atomic mass is 9.95. The molecule has 0 radical (unpaired) electrons. The number of carbonyl (C=O) groups excluding carboxylic acids is 2. The van der Waals surface area contributed by atoms with Crippen LogP contribution in [0.3, 0.4) is 0 Å². The number of hydrogen-bond acceptors (Lipinski definition) is 2. The second-order valence-electron chi connectivity index (χ2n) is 5.14. The molecule has 4 nitrogen and oxygen atoms in total. The second-order valence-corrected chi connectivity index (χ2v) is 5.14. The number of nitrogens with zero attached hydrogens (tertiary/aromatic N) is 1. The van der Waals surface area contributed by atoms with Crippen LogP contribution in [0.2, 0.25) is 0 Å². The highest BCUT2D eigenvalue weighted by Gasteiger charge is 2.20. The summed E-state index contributed by atoms with van der Waals surface area (Å²) in [5.74, 6) is -0.0698. The average molecular weight is 240 g/mol. The van der Waals surface area contributed by atoms with Gasteiger partial charge in [-0.2, -0.15) is 0 Å². The van der Waals surface area contributed by atoms with Crippen LogP contribution in [0.1, 0.15) is 52.9 Å². The van der Waals surface area contributed by atoms with E-state index in [1.807, 2.05) is 13.8 Å². The molecule has 0 saturated heterocycles. The number of carbonyl (C=O) groups is 2. The van der Waals surface area contributed by atoms with Crippen LogP contribution >= 0.6 is 0 Å². The summed E-state index contributed by atoms with van der Waals surface area (Å²) in [7, 11) is 0. The Labute approximate surface area is 104 Å². The van der Waals surface area contributed by atoms with Crippen molar-refractivity contribution in [3.05, 3.63) is 0 Å². The standard InChI is InChI=1S/C13H24N2O2/c1-10(2)15(11(3)16)9-13(17)14-12-7-5-4-6-8-12/h10,12H,4-9H2,1-3H3,(H,14,17). The third kappa shape index (κ3) is 4.75. The molecule has 0 aromatic heterocycles. The number of hydrogen-bond donors (Lipinski definition) is 1. The number of nitrogens with one attached hydrogen (secondary N) is 1. The molecule has 0 spiro atoms. The van der Waals surface area contributed by atoms with Crippen molar-refractivity contribution >= 4 is 11.8 Å². The first kappa shape index (κ1) is 14.0. The van der Waals surface area contributed by atoms with Crippen LogP contribution in [0.4, 0.5) is 0 Å². The number of amides is 2. The lowest BCUT2D eigenvalue weighted by Gasteiger charge is -2.27. The van der Waals surface area contributed by atoms with Gasteiger partial charge in [-0.25, -0.2) is 0 Å². The summed E-state index contributed by atoms with van der Waals surface area (Å²) >= 11 is 0. The smallest absolute Gasteiger partial charge is 0.239 e. The summed E-state index contributed by atoms with van der Waals surface area (Å²) < 4.78 is 0. The van der Waals surface area contributed by atoms with E-state index in [2.05, 4.69) is 5.32 Å². The summed E-state index contributed by atoms with van der Waals surface area (Å²) in [5.41, 5.74) is 0. The lowest BCUT2D eigenvalue weighted by Crippen LogP contribution is -2.46. The normalized spacial score (nSPS) is 16.9. The molecule has 98 valence electrons. The first-order valence-corrected chi connectivity index (χ1v) is 6.57. The summed E-state index contributed by atoms with van der Waals surface area (Å²) in [6.45, 7) is 5.54. The maximum absolute atomic E-state index is 11.8. The van der Waals surface area contributed by atoms with E-state index in [0.717, 1.165) is 12.8 Å². The topological polar surface area (TPSA) is 49.4 Å². The van der Waals surface area contributed by atoms with Crippen molar-refractivity contribution in [2.24, 2.45) is 0 Å². The third-order valence-electron chi connectivity index (χ3n) is 3.31. The van der Waals surface area contributed by atoms with Crippen molar-refractivity contribution in [1.29, 1.82) is 0 Å². The van der Waals surface area contributed by atoms with Gasteiger partial charge in [-0.3, -0.25) is 9.59 Å². The average Bonchev–Trinajstić information content (AvgIpc) is 2.26. The van der Waals surface area contributed by atoms with Crippen LogP contribution in [0.15, 0.2) is 0 Å². The Morgan fingerprint density at radius 3 is 2.29 bits per heavy atom. The van der Waals surface area contributed by atoms with E-state index in [1.54, 1.807) is 4.90 Å². The molecule has 1 saturated carbocycles. The fourth-order valence-electron chi connectivity index (χ4n) is 2.33. The maximum atomic E-state index is 11.8. The molecule has 0 atom stereocenters. The summed E-state index contributed by atoms with van der Waals surface area (Å²) in [5, 5.41) is 3.03. The SMILES string of the molecule is CC(=O)N(CC(=O)NC1CCCCC1)C(C)C. The van der Waals surface area contributed by atoms with Crippen LogP contribution in [0, 0.1) is 0 Å². The van der Waals surface area contributed by atoms with Gasteiger partial charge in [0.15, 0.2) is 0 Å². The molecule has 0 aliphatic heterocycles. The molecule has 1 rings (SSSR count). The van der Waals surface area contributed by atoms with Gasteiger partial charge in [-0.1, -0.05) is 19.3 Å². The first-order valence-electron chi connectivity index (χ1n) is 6.57. The van der Waals surface area contributed by atoms with Crippen LogP contribution in [0.25, 0.3) is 0 Å². The Bertz CT molecular complexity index is 271. The quantitative estimate of drug-likeness (QED) is 0.813. The Balaban J connectivity index is 2.38. The minimum absolute atomic E-state index is 0.0270. The predicted octanol–water partition coefficient (Wildman–Crippen LogP) is 1.69. The Morgan fingerprint density at radius 1 is 1.24 bits per heavy atom. The third-order valence-corrected chi connectivity index (χ3v) is 3.31. The predicted molar refractivity (Wildman–Crippen MR) is 67.5 cm³/mol. The summed E-state index contributed by atoms with van der Waals surface area (Å²) in [6.07, 6.45) is 5.83. The fraction of sp³-hybridized carbons (Fsp3) is 0.846. The van der Waals surface area contributed by atoms with E-state index in [4.69, 9.17) is 0 Å². The van der Waals surface area contributed by atoms with Gasteiger partial charge >= 0.3 is 0 Å². The van der Waals surface area contributed by atoms with Gasteiger partial charge in [-0.05, 0) is 26.7 Å². The van der Waals surface area contributed by atoms with E-state index in [9.17, 15) is 9.59 Å². The molecule has 0 aromatic rings. The van der Waals surface area contributed by atoms with E-state index in [1.165, 1.54) is 26.2 Å². The van der Waals surface area contributed by atoms with Gasteiger partial charge in [0.25, 0.3) is 0 Å². The minimum atomic E-state index is -0.0428. The molecule has 1 aliphatic rings. The zero-order chi connectivity index (χ0) is 12.8. The van der Waals surface area contributed by atoms with E-state index < -0.39 is 0 Å². The van der Waals surface area contributed by atoms with Crippen LogP contribution in [-0.4, -0.2) is 35.3 Å². The fourth-order valence-corrected chi connectivity index (χ4v) is 2.33. The summed E-state index contributed by atoms with van der Waals surface area (Å²) in [4.78, 5) is 24.8.